The number of rotatable bonds is 4. The lowest BCUT2D eigenvalue weighted by atomic mass is 10.2. The van der Waals surface area contributed by atoms with Crippen LogP contribution in [0, 0.1) is 6.92 Å². The molecule has 0 saturated carbocycles. The Kier molecular flexibility index (Phi) is 6.06. The molecule has 0 spiro atoms. The summed E-state index contributed by atoms with van der Waals surface area (Å²) in [5, 5.41) is 6.32. The third kappa shape index (κ3) is 5.19. The van der Waals surface area contributed by atoms with Crippen LogP contribution in [0.4, 0.5) is 5.69 Å². The Labute approximate surface area is 141 Å². The van der Waals surface area contributed by atoms with Gasteiger partial charge in [-0.1, -0.05) is 12.1 Å². The Balaban J connectivity index is 1.82. The van der Waals surface area contributed by atoms with Crippen molar-refractivity contribution in [2.24, 2.45) is 5.10 Å². The van der Waals surface area contributed by atoms with Crippen molar-refractivity contribution in [2.45, 2.75) is 33.1 Å². The highest BCUT2D eigenvalue weighted by Gasteiger charge is 2.18. The largest absolute Gasteiger partial charge is 0.342 e. The van der Waals surface area contributed by atoms with Crippen LogP contribution < -0.4 is 10.7 Å². The number of amides is 3. The van der Waals surface area contributed by atoms with E-state index in [1.807, 2.05) is 13.0 Å². The SMILES string of the molecule is C/C(CC(=O)N1CCCC1)=N/NC(=O)C(=O)Nc1cccc(C)c1. The third-order valence-electron chi connectivity index (χ3n) is 3.70. The molecule has 0 bridgehead atoms. The number of carbonyl (C=O) groups is 3. The van der Waals surface area contributed by atoms with Crippen molar-refractivity contribution in [3.8, 4) is 0 Å². The molecule has 1 saturated heterocycles. The minimum atomic E-state index is -0.871. The second-order valence-electron chi connectivity index (χ2n) is 5.88. The van der Waals surface area contributed by atoms with Crippen molar-refractivity contribution in [3.63, 3.8) is 0 Å². The zero-order valence-corrected chi connectivity index (χ0v) is 14.0. The molecule has 1 aliphatic rings. The molecular formula is C17H22N4O3. The third-order valence-corrected chi connectivity index (χ3v) is 3.70. The van der Waals surface area contributed by atoms with Gasteiger partial charge in [-0.15, -0.1) is 0 Å². The van der Waals surface area contributed by atoms with E-state index in [9.17, 15) is 14.4 Å². The zero-order chi connectivity index (χ0) is 17.5. The van der Waals surface area contributed by atoms with Gasteiger partial charge in [-0.2, -0.15) is 5.10 Å². The summed E-state index contributed by atoms with van der Waals surface area (Å²) in [7, 11) is 0. The van der Waals surface area contributed by atoms with Crippen LogP contribution in [0.2, 0.25) is 0 Å². The fourth-order valence-electron chi connectivity index (χ4n) is 2.44. The first-order valence-electron chi connectivity index (χ1n) is 7.94. The summed E-state index contributed by atoms with van der Waals surface area (Å²) >= 11 is 0. The average Bonchev–Trinajstić information content (AvgIpc) is 3.07. The van der Waals surface area contributed by atoms with Gasteiger partial charge in [0.1, 0.15) is 0 Å². The Hall–Kier alpha value is -2.70. The number of benzene rings is 1. The number of carbonyl (C=O) groups excluding carboxylic acids is 3. The first-order chi connectivity index (χ1) is 11.5. The maximum absolute atomic E-state index is 12.0. The van der Waals surface area contributed by atoms with E-state index in [2.05, 4.69) is 15.8 Å². The topological polar surface area (TPSA) is 90.9 Å². The quantitative estimate of drug-likeness (QED) is 0.497. The molecule has 0 aromatic heterocycles. The fourth-order valence-corrected chi connectivity index (χ4v) is 2.44. The summed E-state index contributed by atoms with van der Waals surface area (Å²) in [6.07, 6.45) is 2.19. The van der Waals surface area contributed by atoms with E-state index in [0.717, 1.165) is 31.5 Å². The highest BCUT2D eigenvalue weighted by molar-refractivity contribution is 6.39. The molecule has 0 aliphatic carbocycles. The average molecular weight is 330 g/mol. The van der Waals surface area contributed by atoms with Crippen molar-refractivity contribution in [1.82, 2.24) is 10.3 Å². The molecule has 3 amide bonds. The van der Waals surface area contributed by atoms with Crippen molar-refractivity contribution >= 4 is 29.1 Å². The van der Waals surface area contributed by atoms with E-state index < -0.39 is 11.8 Å². The van der Waals surface area contributed by atoms with Crippen molar-refractivity contribution in [1.29, 1.82) is 0 Å². The summed E-state index contributed by atoms with van der Waals surface area (Å²) in [5.41, 5.74) is 4.16. The van der Waals surface area contributed by atoms with Gasteiger partial charge in [-0.3, -0.25) is 14.4 Å². The minimum Gasteiger partial charge on any atom is -0.342 e. The number of aryl methyl sites for hydroxylation is 1. The van der Waals surface area contributed by atoms with Gasteiger partial charge in [0.05, 0.1) is 6.42 Å². The maximum Gasteiger partial charge on any atom is 0.329 e. The predicted octanol–water partition coefficient (Wildman–Crippen LogP) is 1.44. The molecule has 1 aliphatic heterocycles. The number of hydrogen-bond donors (Lipinski definition) is 2. The molecule has 0 unspecified atom stereocenters. The number of nitrogens with one attached hydrogen (secondary N) is 2. The second-order valence-corrected chi connectivity index (χ2v) is 5.88. The van der Waals surface area contributed by atoms with E-state index >= 15 is 0 Å². The van der Waals surface area contributed by atoms with Gasteiger partial charge in [-0.05, 0) is 44.4 Å². The maximum atomic E-state index is 12.0. The Morgan fingerprint density at radius 3 is 2.54 bits per heavy atom. The van der Waals surface area contributed by atoms with Crippen LogP contribution in [0.15, 0.2) is 29.4 Å². The lowest BCUT2D eigenvalue weighted by Crippen LogP contribution is -2.33. The highest BCUT2D eigenvalue weighted by Crippen LogP contribution is 2.10. The number of anilines is 1. The first kappa shape index (κ1) is 17.7. The Morgan fingerprint density at radius 2 is 1.88 bits per heavy atom. The van der Waals surface area contributed by atoms with E-state index in [1.54, 1.807) is 30.0 Å². The number of likely N-dealkylation sites (tertiary alicyclic amines) is 1. The normalized spacial score (nSPS) is 14.4. The zero-order valence-electron chi connectivity index (χ0n) is 14.0. The molecule has 1 fully saturated rings. The fraction of sp³-hybridized carbons (Fsp3) is 0.412. The molecule has 2 rings (SSSR count). The number of hydrazone groups is 1. The van der Waals surface area contributed by atoms with Crippen LogP contribution >= 0.6 is 0 Å². The van der Waals surface area contributed by atoms with Gasteiger partial charge in [0.25, 0.3) is 0 Å². The molecule has 0 radical (unpaired) electrons. The van der Waals surface area contributed by atoms with Gasteiger partial charge >= 0.3 is 11.8 Å². The molecule has 2 N–H and O–H groups in total. The summed E-state index contributed by atoms with van der Waals surface area (Å²) in [5.74, 6) is -1.68. The molecule has 7 nitrogen and oxygen atoms in total. The van der Waals surface area contributed by atoms with Gasteiger partial charge in [0.2, 0.25) is 5.91 Å². The molecule has 128 valence electrons. The van der Waals surface area contributed by atoms with Gasteiger partial charge in [0, 0.05) is 24.5 Å². The van der Waals surface area contributed by atoms with Crippen LogP contribution in [0.25, 0.3) is 0 Å². The van der Waals surface area contributed by atoms with Crippen LogP contribution in [0.1, 0.15) is 31.7 Å². The van der Waals surface area contributed by atoms with E-state index in [1.165, 1.54) is 0 Å². The van der Waals surface area contributed by atoms with E-state index in [4.69, 9.17) is 0 Å². The standard InChI is InChI=1S/C17H22N4O3/c1-12-6-5-7-14(10-12)18-16(23)17(24)20-19-13(2)11-15(22)21-8-3-4-9-21/h5-7,10H,3-4,8-9,11H2,1-2H3,(H,18,23)(H,20,24)/b19-13-. The Morgan fingerprint density at radius 1 is 1.17 bits per heavy atom. The van der Waals surface area contributed by atoms with Crippen molar-refractivity contribution < 1.29 is 14.4 Å². The smallest absolute Gasteiger partial charge is 0.329 e. The molecule has 1 aromatic carbocycles. The van der Waals surface area contributed by atoms with Gasteiger partial charge in [0.15, 0.2) is 0 Å². The minimum absolute atomic E-state index is 0.00721. The summed E-state index contributed by atoms with van der Waals surface area (Å²) in [6.45, 7) is 5.09. The number of hydrogen-bond acceptors (Lipinski definition) is 4. The van der Waals surface area contributed by atoms with Crippen LogP contribution in [0.5, 0.6) is 0 Å². The molecule has 0 atom stereocenters. The lowest BCUT2D eigenvalue weighted by molar-refractivity contribution is -0.136. The van der Waals surface area contributed by atoms with Crippen LogP contribution in [0.3, 0.4) is 0 Å². The molecule has 1 aromatic rings. The second kappa shape index (κ2) is 8.24. The predicted molar refractivity (Wildman–Crippen MR) is 91.5 cm³/mol. The molecule has 7 heteroatoms. The number of nitrogens with zero attached hydrogens (tertiary/aromatic N) is 2. The van der Waals surface area contributed by atoms with Crippen molar-refractivity contribution in [2.75, 3.05) is 18.4 Å². The lowest BCUT2D eigenvalue weighted by Gasteiger charge is -2.14. The first-order valence-corrected chi connectivity index (χ1v) is 7.94. The highest BCUT2D eigenvalue weighted by atomic mass is 16.2. The molecule has 24 heavy (non-hydrogen) atoms. The van der Waals surface area contributed by atoms with Gasteiger partial charge < -0.3 is 10.2 Å². The molecular weight excluding hydrogens is 308 g/mol. The molecule has 1 heterocycles. The van der Waals surface area contributed by atoms with Gasteiger partial charge in [-0.25, -0.2) is 5.43 Å². The monoisotopic (exact) mass is 330 g/mol. The Bertz CT molecular complexity index is 664. The summed E-state index contributed by atoms with van der Waals surface area (Å²) in [6, 6.07) is 7.13. The van der Waals surface area contributed by atoms with Crippen LogP contribution in [-0.4, -0.2) is 41.4 Å². The summed E-state index contributed by atoms with van der Waals surface area (Å²) in [4.78, 5) is 37.3. The van der Waals surface area contributed by atoms with E-state index in [0.29, 0.717) is 11.4 Å². The van der Waals surface area contributed by atoms with Crippen LogP contribution in [-0.2, 0) is 14.4 Å². The summed E-state index contributed by atoms with van der Waals surface area (Å²) < 4.78 is 0. The van der Waals surface area contributed by atoms with E-state index in [-0.39, 0.29) is 12.3 Å². The van der Waals surface area contributed by atoms with Crippen molar-refractivity contribution in [3.05, 3.63) is 29.8 Å².